The highest BCUT2D eigenvalue weighted by Gasteiger charge is 2.14. The molecule has 0 atom stereocenters. The van der Waals surface area contributed by atoms with E-state index in [9.17, 15) is 5.11 Å². The molecule has 4 heterocycles. The van der Waals surface area contributed by atoms with Crippen molar-refractivity contribution in [2.24, 2.45) is 7.05 Å². The largest absolute Gasteiger partial charge is 0.392 e. The molecule has 0 aliphatic rings. The van der Waals surface area contributed by atoms with E-state index in [0.717, 1.165) is 44.5 Å². The molecule has 8 heteroatoms. The quantitative estimate of drug-likeness (QED) is 0.381. The smallest absolute Gasteiger partial charge is 0.154 e. The molecule has 170 valence electrons. The summed E-state index contributed by atoms with van der Waals surface area (Å²) in [4.78, 5) is 9.39. The average molecular weight is 452 g/mol. The highest BCUT2D eigenvalue weighted by atomic mass is 16.3. The Hall–Kier alpha value is -4.17. The van der Waals surface area contributed by atoms with E-state index in [4.69, 9.17) is 4.98 Å². The lowest BCUT2D eigenvalue weighted by Crippen LogP contribution is -2.00. The van der Waals surface area contributed by atoms with Crippen molar-refractivity contribution in [3.63, 3.8) is 0 Å². The first-order chi connectivity index (χ1) is 16.5. The third-order valence-electron chi connectivity index (χ3n) is 5.66. The zero-order valence-electron chi connectivity index (χ0n) is 19.3. The van der Waals surface area contributed by atoms with Crippen LogP contribution >= 0.6 is 0 Å². The predicted octanol–water partition coefficient (Wildman–Crippen LogP) is 4.85. The van der Waals surface area contributed by atoms with E-state index < -0.39 is 0 Å². The SMILES string of the molecule is CC(C)c1cnnc(Nc2ccc3ncc(-c4cn(C)nc4-c4cccc(CO)c4)cc3n2)c1. The van der Waals surface area contributed by atoms with Gasteiger partial charge in [0.05, 0.1) is 23.8 Å². The van der Waals surface area contributed by atoms with Crippen LogP contribution in [0.5, 0.6) is 0 Å². The minimum Gasteiger partial charge on any atom is -0.392 e. The molecule has 5 rings (SSSR count). The van der Waals surface area contributed by atoms with Crippen molar-refractivity contribution in [3.05, 3.63) is 78.2 Å². The fourth-order valence-electron chi connectivity index (χ4n) is 3.84. The summed E-state index contributed by atoms with van der Waals surface area (Å²) in [6.07, 6.45) is 5.59. The summed E-state index contributed by atoms with van der Waals surface area (Å²) < 4.78 is 1.78. The number of fused-ring (bicyclic) bond motifs is 1. The van der Waals surface area contributed by atoms with Crippen LogP contribution in [0.3, 0.4) is 0 Å². The lowest BCUT2D eigenvalue weighted by Gasteiger charge is -2.09. The fourth-order valence-corrected chi connectivity index (χ4v) is 3.84. The van der Waals surface area contributed by atoms with Gasteiger partial charge in [-0.2, -0.15) is 10.2 Å². The molecule has 0 spiro atoms. The number of benzene rings is 1. The first kappa shape index (κ1) is 21.7. The highest BCUT2D eigenvalue weighted by Crippen LogP contribution is 2.32. The van der Waals surface area contributed by atoms with Gasteiger partial charge in [-0.25, -0.2) is 4.98 Å². The number of pyridine rings is 2. The molecule has 0 radical (unpaired) electrons. The molecule has 34 heavy (non-hydrogen) atoms. The first-order valence-electron chi connectivity index (χ1n) is 11.1. The van der Waals surface area contributed by atoms with Gasteiger partial charge in [-0.05, 0) is 47.4 Å². The Kier molecular flexibility index (Phi) is 5.73. The normalized spacial score (nSPS) is 11.3. The van der Waals surface area contributed by atoms with Crippen LogP contribution in [-0.4, -0.2) is 35.1 Å². The second-order valence-electron chi connectivity index (χ2n) is 8.54. The number of anilines is 2. The molecule has 0 fully saturated rings. The number of aliphatic hydroxyl groups excluding tert-OH is 1. The number of hydrogen-bond donors (Lipinski definition) is 2. The molecule has 4 aromatic heterocycles. The van der Waals surface area contributed by atoms with Gasteiger partial charge in [0.2, 0.25) is 0 Å². The van der Waals surface area contributed by atoms with Gasteiger partial charge in [0.15, 0.2) is 5.82 Å². The van der Waals surface area contributed by atoms with Gasteiger partial charge < -0.3 is 10.4 Å². The van der Waals surface area contributed by atoms with E-state index in [0.29, 0.717) is 17.6 Å². The van der Waals surface area contributed by atoms with Gasteiger partial charge in [-0.15, -0.1) is 5.10 Å². The monoisotopic (exact) mass is 451 g/mol. The number of rotatable bonds is 6. The van der Waals surface area contributed by atoms with Crippen LogP contribution in [0.25, 0.3) is 33.4 Å². The van der Waals surface area contributed by atoms with Gasteiger partial charge >= 0.3 is 0 Å². The second kappa shape index (κ2) is 8.99. The molecule has 0 unspecified atom stereocenters. The van der Waals surface area contributed by atoms with Gasteiger partial charge in [0.25, 0.3) is 0 Å². The van der Waals surface area contributed by atoms with Gasteiger partial charge in [-0.3, -0.25) is 9.67 Å². The zero-order valence-corrected chi connectivity index (χ0v) is 19.3. The fraction of sp³-hybridized carbons (Fsp3) is 0.192. The van der Waals surface area contributed by atoms with Crippen molar-refractivity contribution in [2.45, 2.75) is 26.4 Å². The van der Waals surface area contributed by atoms with Crippen LogP contribution in [-0.2, 0) is 13.7 Å². The van der Waals surface area contributed by atoms with E-state index >= 15 is 0 Å². The molecule has 0 bridgehead atoms. The molecule has 0 aliphatic heterocycles. The maximum Gasteiger partial charge on any atom is 0.154 e. The number of hydrogen-bond acceptors (Lipinski definition) is 7. The molecular weight excluding hydrogens is 426 g/mol. The second-order valence-corrected chi connectivity index (χ2v) is 8.54. The molecule has 0 amide bonds. The minimum absolute atomic E-state index is 0.0162. The third-order valence-corrected chi connectivity index (χ3v) is 5.66. The molecule has 5 aromatic rings. The van der Waals surface area contributed by atoms with Crippen molar-refractivity contribution in [1.29, 1.82) is 0 Å². The molecule has 0 saturated heterocycles. The van der Waals surface area contributed by atoms with Gasteiger partial charge in [0, 0.05) is 36.1 Å². The summed E-state index contributed by atoms with van der Waals surface area (Å²) in [6, 6.07) is 15.6. The van der Waals surface area contributed by atoms with Crippen LogP contribution in [0.1, 0.15) is 30.9 Å². The molecular formula is C26H25N7O. The highest BCUT2D eigenvalue weighted by molar-refractivity contribution is 5.86. The maximum atomic E-state index is 9.53. The molecule has 1 aromatic carbocycles. The summed E-state index contributed by atoms with van der Waals surface area (Å²) >= 11 is 0. The van der Waals surface area contributed by atoms with Crippen molar-refractivity contribution in [3.8, 4) is 22.4 Å². The summed E-state index contributed by atoms with van der Waals surface area (Å²) in [5.41, 5.74) is 7.13. The van der Waals surface area contributed by atoms with Crippen LogP contribution in [0.2, 0.25) is 0 Å². The van der Waals surface area contributed by atoms with E-state index in [2.05, 4.69) is 39.4 Å². The Balaban J connectivity index is 1.52. The van der Waals surface area contributed by atoms with Crippen molar-refractivity contribution >= 4 is 22.7 Å². The maximum absolute atomic E-state index is 9.53. The number of nitrogens with one attached hydrogen (secondary N) is 1. The Morgan fingerprint density at radius 1 is 0.971 bits per heavy atom. The Morgan fingerprint density at radius 3 is 2.68 bits per heavy atom. The summed E-state index contributed by atoms with van der Waals surface area (Å²) in [6.45, 7) is 4.22. The molecule has 2 N–H and O–H groups in total. The van der Waals surface area contributed by atoms with Gasteiger partial charge in [-0.1, -0.05) is 32.0 Å². The van der Waals surface area contributed by atoms with Crippen molar-refractivity contribution < 1.29 is 5.11 Å². The molecule has 8 nitrogen and oxygen atoms in total. The number of aliphatic hydroxyl groups is 1. The minimum atomic E-state index is -0.0162. The standard InChI is InChI=1S/C26H25N7O/c1-16(2)19-11-25(31-28-13-19)30-24-8-7-22-23(29-24)10-20(12-27-22)21-14-33(3)32-26(21)18-6-4-5-17(9-18)15-34/h4-14,16,34H,15H2,1-3H3,(H,29,30,31). The van der Waals surface area contributed by atoms with E-state index in [1.807, 2.05) is 68.0 Å². The third kappa shape index (κ3) is 4.35. The summed E-state index contributed by atoms with van der Waals surface area (Å²) in [5.74, 6) is 1.68. The lowest BCUT2D eigenvalue weighted by atomic mass is 10.0. The van der Waals surface area contributed by atoms with Crippen LogP contribution in [0.4, 0.5) is 11.6 Å². The summed E-state index contributed by atoms with van der Waals surface area (Å²) in [5, 5.41) is 25.7. The average Bonchev–Trinajstić information content (AvgIpc) is 3.25. The van der Waals surface area contributed by atoms with E-state index in [-0.39, 0.29) is 6.61 Å². The number of aryl methyl sites for hydroxylation is 1. The molecule has 0 saturated carbocycles. The first-order valence-corrected chi connectivity index (χ1v) is 11.1. The summed E-state index contributed by atoms with van der Waals surface area (Å²) in [7, 11) is 1.89. The molecule has 0 aliphatic carbocycles. The predicted molar refractivity (Wildman–Crippen MR) is 133 cm³/mol. The van der Waals surface area contributed by atoms with E-state index in [1.54, 1.807) is 10.9 Å². The lowest BCUT2D eigenvalue weighted by molar-refractivity contribution is 0.282. The van der Waals surface area contributed by atoms with Gasteiger partial charge in [0.1, 0.15) is 11.5 Å². The van der Waals surface area contributed by atoms with Crippen LogP contribution < -0.4 is 5.32 Å². The van der Waals surface area contributed by atoms with E-state index in [1.165, 1.54) is 0 Å². The topological polar surface area (TPSA) is 102 Å². The van der Waals surface area contributed by atoms with Crippen molar-refractivity contribution in [2.75, 3.05) is 5.32 Å². The van der Waals surface area contributed by atoms with Crippen LogP contribution in [0, 0.1) is 0 Å². The Morgan fingerprint density at radius 2 is 1.85 bits per heavy atom. The number of aromatic nitrogens is 6. The zero-order chi connectivity index (χ0) is 23.7. The van der Waals surface area contributed by atoms with Crippen molar-refractivity contribution in [1.82, 2.24) is 29.9 Å². The number of nitrogens with zero attached hydrogens (tertiary/aromatic N) is 6. The Labute approximate surface area is 197 Å². The van der Waals surface area contributed by atoms with Crippen LogP contribution in [0.15, 0.2) is 67.1 Å². The Bertz CT molecular complexity index is 1480.